The summed E-state index contributed by atoms with van der Waals surface area (Å²) in [4.78, 5) is 23.8. The highest BCUT2D eigenvalue weighted by atomic mass is 16.5. The third-order valence-electron chi connectivity index (χ3n) is 5.16. The quantitative estimate of drug-likeness (QED) is 0.478. The second-order valence-electron chi connectivity index (χ2n) is 7.28. The van der Waals surface area contributed by atoms with Crippen molar-refractivity contribution < 1.29 is 14.9 Å². The molecule has 4 rings (SSSR count). The monoisotopic (exact) mass is 399 g/mol. The topological polar surface area (TPSA) is 125 Å². The summed E-state index contributed by atoms with van der Waals surface area (Å²) >= 11 is 0. The molecule has 2 aromatic heterocycles. The molecule has 9 nitrogen and oxygen atoms in total. The molecule has 1 fully saturated rings. The first-order valence-corrected chi connectivity index (χ1v) is 9.86. The third kappa shape index (κ3) is 4.02. The molecule has 1 aliphatic heterocycles. The molecule has 3 atom stereocenters. The number of rotatable bonds is 7. The number of benzene rings is 1. The fraction of sp³-hybridized carbons (Fsp3) is 0.450. The Morgan fingerprint density at radius 3 is 2.83 bits per heavy atom. The Kier molecular flexibility index (Phi) is 5.61. The first-order chi connectivity index (χ1) is 14.1. The van der Waals surface area contributed by atoms with E-state index in [1.54, 1.807) is 4.57 Å². The van der Waals surface area contributed by atoms with Crippen molar-refractivity contribution in [2.75, 3.05) is 11.9 Å². The molecule has 0 amide bonds. The molecule has 3 heterocycles. The molecule has 0 spiro atoms. The lowest BCUT2D eigenvalue weighted by Crippen LogP contribution is -2.24. The van der Waals surface area contributed by atoms with Crippen molar-refractivity contribution in [2.24, 2.45) is 0 Å². The predicted octanol–water partition coefficient (Wildman–Crippen LogP) is 1.85. The van der Waals surface area contributed by atoms with Gasteiger partial charge in [-0.1, -0.05) is 25.5 Å². The van der Waals surface area contributed by atoms with Gasteiger partial charge in [-0.2, -0.15) is 4.98 Å². The van der Waals surface area contributed by atoms with E-state index >= 15 is 0 Å². The summed E-state index contributed by atoms with van der Waals surface area (Å²) in [6.45, 7) is 1.89. The number of aliphatic hydroxyl groups excluding tert-OH is 2. The van der Waals surface area contributed by atoms with Gasteiger partial charge in [0, 0.05) is 12.1 Å². The van der Waals surface area contributed by atoms with Crippen LogP contribution in [0.4, 0.5) is 11.6 Å². The maximum absolute atomic E-state index is 12.4. The zero-order valence-electron chi connectivity index (χ0n) is 16.2. The van der Waals surface area contributed by atoms with E-state index in [0.29, 0.717) is 11.6 Å². The van der Waals surface area contributed by atoms with Gasteiger partial charge < -0.3 is 20.3 Å². The zero-order valence-corrected chi connectivity index (χ0v) is 16.2. The van der Waals surface area contributed by atoms with Gasteiger partial charge in [0.2, 0.25) is 5.95 Å². The maximum Gasteiger partial charge on any atom is 0.280 e. The maximum atomic E-state index is 12.4. The average molecular weight is 399 g/mol. The molecule has 0 saturated carbocycles. The predicted molar refractivity (Wildman–Crippen MR) is 108 cm³/mol. The van der Waals surface area contributed by atoms with Gasteiger partial charge in [0.05, 0.1) is 19.0 Å². The molecule has 0 unspecified atom stereocenters. The van der Waals surface area contributed by atoms with Crippen LogP contribution in [-0.4, -0.2) is 48.5 Å². The molecule has 1 aromatic carbocycles. The number of aryl methyl sites for hydroxylation is 1. The molecular weight excluding hydrogens is 374 g/mol. The molecule has 4 N–H and O–H groups in total. The van der Waals surface area contributed by atoms with Crippen LogP contribution in [0.5, 0.6) is 0 Å². The minimum atomic E-state index is -0.784. The van der Waals surface area contributed by atoms with Crippen LogP contribution >= 0.6 is 0 Å². The number of hydrogen-bond acceptors (Lipinski definition) is 7. The molecule has 0 aliphatic carbocycles. The van der Waals surface area contributed by atoms with Crippen molar-refractivity contribution in [2.45, 2.75) is 51.0 Å². The lowest BCUT2D eigenvalue weighted by atomic mass is 10.1. The molecule has 1 saturated heterocycles. The van der Waals surface area contributed by atoms with Gasteiger partial charge in [-0.3, -0.25) is 14.3 Å². The zero-order chi connectivity index (χ0) is 20.4. The van der Waals surface area contributed by atoms with Crippen LogP contribution in [-0.2, 0) is 11.2 Å². The molecule has 29 heavy (non-hydrogen) atoms. The number of ether oxygens (including phenoxy) is 1. The number of aromatic nitrogens is 4. The van der Waals surface area contributed by atoms with Crippen LogP contribution in [0.2, 0.25) is 0 Å². The summed E-state index contributed by atoms with van der Waals surface area (Å²) in [7, 11) is 0. The number of aliphatic hydroxyl groups is 2. The Hall–Kier alpha value is -2.75. The van der Waals surface area contributed by atoms with Crippen LogP contribution in [0, 0.1) is 0 Å². The first-order valence-electron chi connectivity index (χ1n) is 9.86. The fourth-order valence-corrected chi connectivity index (χ4v) is 3.52. The third-order valence-corrected chi connectivity index (χ3v) is 5.16. The summed E-state index contributed by atoms with van der Waals surface area (Å²) in [5, 5.41) is 22.4. The number of hydrogen-bond donors (Lipinski definition) is 4. The van der Waals surface area contributed by atoms with Gasteiger partial charge in [0.15, 0.2) is 11.2 Å². The van der Waals surface area contributed by atoms with E-state index in [0.717, 1.165) is 24.9 Å². The minimum Gasteiger partial charge on any atom is -0.394 e. The molecule has 154 valence electrons. The van der Waals surface area contributed by atoms with Gasteiger partial charge in [0.25, 0.3) is 5.56 Å². The molecular formula is C20H25N5O4. The Bertz CT molecular complexity index is 1030. The smallest absolute Gasteiger partial charge is 0.280 e. The van der Waals surface area contributed by atoms with E-state index < -0.39 is 18.4 Å². The van der Waals surface area contributed by atoms with Crippen molar-refractivity contribution in [1.82, 2.24) is 19.5 Å². The normalized spacial score (nSPS) is 21.7. The summed E-state index contributed by atoms with van der Waals surface area (Å²) in [5.74, 6) is 0.294. The number of nitrogens with zero attached hydrogens (tertiary/aromatic N) is 3. The Morgan fingerprint density at radius 2 is 2.14 bits per heavy atom. The Balaban J connectivity index is 1.59. The highest BCUT2D eigenvalue weighted by Gasteiger charge is 2.35. The van der Waals surface area contributed by atoms with E-state index in [4.69, 9.17) is 4.74 Å². The van der Waals surface area contributed by atoms with Crippen LogP contribution in [0.25, 0.3) is 11.2 Å². The van der Waals surface area contributed by atoms with Gasteiger partial charge in [-0.15, -0.1) is 0 Å². The van der Waals surface area contributed by atoms with Crippen molar-refractivity contribution >= 4 is 22.8 Å². The number of unbranched alkanes of at least 4 members (excludes halogenated alkanes) is 1. The highest BCUT2D eigenvalue weighted by Crippen LogP contribution is 2.30. The van der Waals surface area contributed by atoms with Gasteiger partial charge in [-0.25, -0.2) is 4.98 Å². The molecule has 0 radical (unpaired) electrons. The lowest BCUT2D eigenvalue weighted by Gasteiger charge is -2.14. The number of anilines is 2. The molecule has 1 aliphatic rings. The standard InChI is InChI=1S/C20H25N5O4/c1-2-3-4-12-5-7-13(8-6-12)22-20-23-18-17(19(28)24-20)21-11-25(18)16-9-14(27)15(10-26)29-16/h5-8,11,14-16,26-27H,2-4,9-10H2,1H3,(H2,22,23,24,28)/t14-,15+,16+/m0/s1. The minimum absolute atomic E-state index is 0.191. The number of aromatic amines is 1. The first kappa shape index (κ1) is 19.6. The molecule has 9 heteroatoms. The van der Waals surface area contributed by atoms with Crippen molar-refractivity contribution in [1.29, 1.82) is 0 Å². The second kappa shape index (κ2) is 8.32. The second-order valence-corrected chi connectivity index (χ2v) is 7.28. The van der Waals surface area contributed by atoms with Crippen molar-refractivity contribution in [3.63, 3.8) is 0 Å². The SMILES string of the molecule is CCCCc1ccc(Nc2nc3c(ncn3[C@H]3C[C@H](O)[C@@H](CO)O3)c(=O)[nH]2)cc1. The van der Waals surface area contributed by atoms with Crippen molar-refractivity contribution in [3.8, 4) is 0 Å². The van der Waals surface area contributed by atoms with E-state index in [2.05, 4.69) is 39.3 Å². The summed E-state index contributed by atoms with van der Waals surface area (Å²) < 4.78 is 7.28. The van der Waals surface area contributed by atoms with E-state index in [9.17, 15) is 15.0 Å². The van der Waals surface area contributed by atoms with E-state index in [1.807, 2.05) is 12.1 Å². The fourth-order valence-electron chi connectivity index (χ4n) is 3.52. The number of fused-ring (bicyclic) bond motifs is 1. The molecule has 3 aromatic rings. The number of nitrogens with one attached hydrogen (secondary N) is 2. The van der Waals surface area contributed by atoms with Crippen LogP contribution in [0.1, 0.15) is 38.0 Å². The van der Waals surface area contributed by atoms with Gasteiger partial charge in [0.1, 0.15) is 12.3 Å². The number of imidazole rings is 1. The van der Waals surface area contributed by atoms with Gasteiger partial charge in [-0.05, 0) is 30.5 Å². The highest BCUT2D eigenvalue weighted by molar-refractivity contribution is 5.71. The van der Waals surface area contributed by atoms with Crippen molar-refractivity contribution in [3.05, 3.63) is 46.5 Å². The summed E-state index contributed by atoms with van der Waals surface area (Å²) in [6, 6.07) is 8.02. The lowest BCUT2D eigenvalue weighted by molar-refractivity contribution is -0.0432. The van der Waals surface area contributed by atoms with E-state index in [1.165, 1.54) is 11.9 Å². The van der Waals surface area contributed by atoms with Crippen LogP contribution < -0.4 is 10.9 Å². The number of H-pyrrole nitrogens is 1. The molecule has 0 bridgehead atoms. The van der Waals surface area contributed by atoms with Crippen LogP contribution in [0.15, 0.2) is 35.4 Å². The Labute approximate surface area is 167 Å². The largest absolute Gasteiger partial charge is 0.394 e. The van der Waals surface area contributed by atoms with E-state index in [-0.39, 0.29) is 24.1 Å². The van der Waals surface area contributed by atoms with Gasteiger partial charge >= 0.3 is 0 Å². The summed E-state index contributed by atoms with van der Waals surface area (Å²) in [6.07, 6.45) is 3.10. The Morgan fingerprint density at radius 1 is 1.34 bits per heavy atom. The summed E-state index contributed by atoms with van der Waals surface area (Å²) in [5.41, 5.74) is 2.25. The average Bonchev–Trinajstić information content (AvgIpc) is 3.30. The van der Waals surface area contributed by atoms with Crippen LogP contribution in [0.3, 0.4) is 0 Å².